The zero-order valence-electron chi connectivity index (χ0n) is 10.7. The highest BCUT2D eigenvalue weighted by atomic mass is 79.9. The highest BCUT2D eigenvalue weighted by Crippen LogP contribution is 2.26. The summed E-state index contributed by atoms with van der Waals surface area (Å²) in [4.78, 5) is 1.30. The first kappa shape index (κ1) is 16.2. The highest BCUT2D eigenvalue weighted by Gasteiger charge is 2.18. The van der Waals surface area contributed by atoms with E-state index in [4.69, 9.17) is 0 Å². The number of thiophene rings is 1. The van der Waals surface area contributed by atoms with Crippen LogP contribution in [0.2, 0.25) is 0 Å². The van der Waals surface area contributed by atoms with E-state index in [9.17, 15) is 8.42 Å². The van der Waals surface area contributed by atoms with Crippen LogP contribution in [0.1, 0.15) is 17.4 Å². The Hall–Kier alpha value is -0.210. The summed E-state index contributed by atoms with van der Waals surface area (Å²) >= 11 is 8.14. The van der Waals surface area contributed by atoms with Crippen LogP contribution >= 0.6 is 43.2 Å². The molecule has 0 atom stereocenters. The molecule has 20 heavy (non-hydrogen) atoms. The molecule has 3 nitrogen and oxygen atoms in total. The topological polar surface area (TPSA) is 46.2 Å². The van der Waals surface area contributed by atoms with Crippen LogP contribution in [0.3, 0.4) is 0 Å². The molecule has 2 aromatic rings. The smallest absolute Gasteiger partial charge is 0.207 e. The molecule has 0 fully saturated rings. The number of nitrogens with one attached hydrogen (secondary N) is 1. The molecule has 0 aliphatic heterocycles. The number of aryl methyl sites for hydroxylation is 1. The average Bonchev–Trinajstić information content (AvgIpc) is 2.86. The maximum absolute atomic E-state index is 12.3. The Morgan fingerprint density at radius 2 is 2.00 bits per heavy atom. The van der Waals surface area contributed by atoms with Crippen LogP contribution < -0.4 is 4.72 Å². The molecule has 0 spiro atoms. The molecule has 0 amide bonds. The number of benzene rings is 1. The molecule has 0 saturated heterocycles. The van der Waals surface area contributed by atoms with Crippen molar-refractivity contribution < 1.29 is 8.42 Å². The van der Waals surface area contributed by atoms with E-state index < -0.39 is 10.0 Å². The molecule has 1 N–H and O–H groups in total. The maximum Gasteiger partial charge on any atom is 0.242 e. The molecular formula is C13H13Br2NO2S2. The average molecular weight is 439 g/mol. The molecule has 1 aromatic carbocycles. The van der Waals surface area contributed by atoms with Gasteiger partial charge in [0.25, 0.3) is 0 Å². The summed E-state index contributed by atoms with van der Waals surface area (Å²) < 4.78 is 28.6. The first-order valence-corrected chi connectivity index (χ1v) is 9.89. The number of hydrogen-bond acceptors (Lipinski definition) is 3. The van der Waals surface area contributed by atoms with Gasteiger partial charge in [-0.15, -0.1) is 11.3 Å². The molecule has 2 rings (SSSR count). The van der Waals surface area contributed by atoms with Gasteiger partial charge in [-0.3, -0.25) is 0 Å². The van der Waals surface area contributed by atoms with Crippen LogP contribution in [0.15, 0.2) is 43.5 Å². The third-order valence-corrected chi connectivity index (χ3v) is 6.68. The van der Waals surface area contributed by atoms with Crippen molar-refractivity contribution in [2.24, 2.45) is 0 Å². The minimum atomic E-state index is -3.53. The van der Waals surface area contributed by atoms with Gasteiger partial charge in [-0.25, -0.2) is 13.1 Å². The molecule has 108 valence electrons. The molecule has 1 aromatic heterocycles. The Labute approximate surface area is 139 Å². The minimum Gasteiger partial charge on any atom is -0.207 e. The number of rotatable bonds is 5. The van der Waals surface area contributed by atoms with E-state index in [0.29, 0.717) is 11.0 Å². The third-order valence-electron chi connectivity index (χ3n) is 2.82. The van der Waals surface area contributed by atoms with Crippen molar-refractivity contribution in [1.29, 1.82) is 0 Å². The van der Waals surface area contributed by atoms with Crippen molar-refractivity contribution in [3.8, 4) is 0 Å². The van der Waals surface area contributed by atoms with E-state index in [2.05, 4.69) is 43.5 Å². The van der Waals surface area contributed by atoms with Crippen molar-refractivity contribution in [1.82, 2.24) is 4.72 Å². The Morgan fingerprint density at radius 1 is 1.25 bits per heavy atom. The van der Waals surface area contributed by atoms with Gasteiger partial charge >= 0.3 is 0 Å². The minimum absolute atomic E-state index is 0.237. The Morgan fingerprint density at radius 3 is 2.70 bits per heavy atom. The normalized spacial score (nSPS) is 11.8. The van der Waals surface area contributed by atoms with Crippen molar-refractivity contribution in [2.75, 3.05) is 0 Å². The summed E-state index contributed by atoms with van der Waals surface area (Å²) in [5, 5.41) is 1.98. The largest absolute Gasteiger partial charge is 0.242 e. The molecule has 0 unspecified atom stereocenters. The lowest BCUT2D eigenvalue weighted by Gasteiger charge is -2.09. The van der Waals surface area contributed by atoms with Crippen LogP contribution in [0.5, 0.6) is 0 Å². The fourth-order valence-corrected chi connectivity index (χ4v) is 5.26. The van der Waals surface area contributed by atoms with Gasteiger partial charge in [0.15, 0.2) is 0 Å². The van der Waals surface area contributed by atoms with Gasteiger partial charge in [0.1, 0.15) is 0 Å². The number of hydrogen-bond donors (Lipinski definition) is 1. The molecule has 0 radical (unpaired) electrons. The Bertz CT molecular complexity index is 711. The third kappa shape index (κ3) is 3.71. The highest BCUT2D eigenvalue weighted by molar-refractivity contribution is 9.11. The first-order valence-electron chi connectivity index (χ1n) is 5.94. The summed E-state index contributed by atoms with van der Waals surface area (Å²) in [5.41, 5.74) is 1.19. The monoisotopic (exact) mass is 437 g/mol. The molecule has 0 bridgehead atoms. The van der Waals surface area contributed by atoms with Crippen molar-refractivity contribution >= 4 is 53.2 Å². The van der Waals surface area contributed by atoms with E-state index in [1.807, 2.05) is 11.4 Å². The first-order chi connectivity index (χ1) is 9.44. The van der Waals surface area contributed by atoms with Gasteiger partial charge in [0.2, 0.25) is 10.0 Å². The second-order valence-electron chi connectivity index (χ2n) is 4.12. The number of halogens is 2. The molecule has 0 aliphatic rings. The summed E-state index contributed by atoms with van der Waals surface area (Å²) in [6, 6.07) is 7.11. The van der Waals surface area contributed by atoms with E-state index in [1.54, 1.807) is 29.5 Å². The summed E-state index contributed by atoms with van der Waals surface area (Å²) in [6.45, 7) is 2.38. The Balaban J connectivity index is 2.21. The summed E-state index contributed by atoms with van der Waals surface area (Å²) in [6.07, 6.45) is 0.904. The fraction of sp³-hybridized carbons (Fsp3) is 0.231. The maximum atomic E-state index is 12.3. The van der Waals surface area contributed by atoms with Crippen LogP contribution in [0, 0.1) is 0 Å². The predicted octanol–water partition coefficient (Wildman–Crippen LogP) is 4.31. The van der Waals surface area contributed by atoms with Crippen LogP contribution in [0.25, 0.3) is 0 Å². The second kappa shape index (κ2) is 6.70. The SMILES string of the molecule is CCc1ccsc1CNS(=O)(=O)c1cc(Br)ccc1Br. The van der Waals surface area contributed by atoms with Crippen molar-refractivity contribution in [2.45, 2.75) is 24.8 Å². The predicted molar refractivity (Wildman–Crippen MR) is 89.6 cm³/mol. The van der Waals surface area contributed by atoms with Gasteiger partial charge in [-0.05, 0) is 57.6 Å². The molecule has 0 aliphatic carbocycles. The quantitative estimate of drug-likeness (QED) is 0.755. The standard InChI is InChI=1S/C13H13Br2NO2S2/c1-2-9-5-6-19-12(9)8-16-20(17,18)13-7-10(14)3-4-11(13)15/h3-7,16H,2,8H2,1H3. The van der Waals surface area contributed by atoms with Gasteiger partial charge < -0.3 is 0 Å². The van der Waals surface area contributed by atoms with Crippen molar-refractivity contribution in [3.05, 3.63) is 49.0 Å². The molecule has 7 heteroatoms. The molecular weight excluding hydrogens is 426 g/mol. The van der Waals surface area contributed by atoms with E-state index in [0.717, 1.165) is 15.8 Å². The van der Waals surface area contributed by atoms with Gasteiger partial charge in [0, 0.05) is 20.4 Å². The second-order valence-corrected chi connectivity index (χ2v) is 8.63. The number of sulfonamides is 1. The molecule has 0 saturated carbocycles. The van der Waals surface area contributed by atoms with Gasteiger partial charge in [-0.1, -0.05) is 22.9 Å². The van der Waals surface area contributed by atoms with E-state index >= 15 is 0 Å². The lowest BCUT2D eigenvalue weighted by atomic mass is 10.2. The van der Waals surface area contributed by atoms with Crippen LogP contribution in [0.4, 0.5) is 0 Å². The van der Waals surface area contributed by atoms with E-state index in [-0.39, 0.29) is 4.90 Å². The van der Waals surface area contributed by atoms with Gasteiger partial charge in [-0.2, -0.15) is 0 Å². The van der Waals surface area contributed by atoms with Crippen LogP contribution in [-0.4, -0.2) is 8.42 Å². The summed E-state index contributed by atoms with van der Waals surface area (Å²) in [7, 11) is -3.53. The lowest BCUT2D eigenvalue weighted by molar-refractivity contribution is 0.581. The molecule has 1 heterocycles. The van der Waals surface area contributed by atoms with Gasteiger partial charge in [0.05, 0.1) is 4.90 Å². The van der Waals surface area contributed by atoms with Crippen LogP contribution in [-0.2, 0) is 23.0 Å². The zero-order valence-corrected chi connectivity index (χ0v) is 15.5. The lowest BCUT2D eigenvalue weighted by Crippen LogP contribution is -2.23. The van der Waals surface area contributed by atoms with E-state index in [1.165, 1.54) is 5.56 Å². The Kier molecular flexibility index (Phi) is 5.42. The zero-order chi connectivity index (χ0) is 14.8. The fourth-order valence-electron chi connectivity index (χ4n) is 1.76. The van der Waals surface area contributed by atoms with Crippen molar-refractivity contribution in [3.63, 3.8) is 0 Å². The summed E-state index contributed by atoms with van der Waals surface area (Å²) in [5.74, 6) is 0.